The Bertz CT molecular complexity index is 2780. The fraction of sp³-hybridized carbons (Fsp3) is 0.0652. The fourth-order valence-electron chi connectivity index (χ4n) is 7.63. The first-order valence-electron chi connectivity index (χ1n) is 17.2. The Kier molecular flexibility index (Phi) is 6.83. The van der Waals surface area contributed by atoms with Crippen molar-refractivity contribution in [2.75, 3.05) is 0 Å². The van der Waals surface area contributed by atoms with Gasteiger partial charge in [-0.25, -0.2) is 15.0 Å². The lowest BCUT2D eigenvalue weighted by Gasteiger charge is -2.33. The summed E-state index contributed by atoms with van der Waals surface area (Å²) in [5, 5.41) is 3.67. The van der Waals surface area contributed by atoms with Gasteiger partial charge in [-0.3, -0.25) is 0 Å². The van der Waals surface area contributed by atoms with Gasteiger partial charge in [0.15, 0.2) is 11.6 Å². The van der Waals surface area contributed by atoms with Crippen LogP contribution in [0.5, 0.6) is 0 Å². The summed E-state index contributed by atoms with van der Waals surface area (Å²) >= 11 is 1.84. The molecule has 0 fully saturated rings. The Morgan fingerprint density at radius 3 is 1.86 bits per heavy atom. The van der Waals surface area contributed by atoms with E-state index in [1.807, 2.05) is 47.7 Å². The molecule has 1 aliphatic carbocycles. The molecule has 10 rings (SSSR count). The van der Waals surface area contributed by atoms with Gasteiger partial charge in [0.25, 0.3) is 0 Å². The van der Waals surface area contributed by atoms with Gasteiger partial charge in [0.2, 0.25) is 0 Å². The van der Waals surface area contributed by atoms with Crippen LogP contribution >= 0.6 is 11.3 Å². The molecule has 0 saturated heterocycles. The SMILES string of the molecule is CC1(c2nc(-c3ccccc3)nc(-c3ccc(-c4ccccc4)cc3)n2)CC(c2ccc3c(c2)sc2ccccc23)=Cc2oc3ccccc3c21. The number of aromatic nitrogens is 3. The molecule has 0 radical (unpaired) electrons. The van der Waals surface area contributed by atoms with Crippen molar-refractivity contribution in [3.05, 3.63) is 174 Å². The molecular formula is C46H31N3OS. The summed E-state index contributed by atoms with van der Waals surface area (Å²) in [4.78, 5) is 15.7. The molecule has 1 unspecified atom stereocenters. The lowest BCUT2D eigenvalue weighted by atomic mass is 9.70. The Morgan fingerprint density at radius 1 is 0.529 bits per heavy atom. The number of thiophene rings is 1. The third-order valence-corrected chi connectivity index (χ3v) is 11.3. The Hall–Kier alpha value is -6.17. The highest BCUT2D eigenvalue weighted by Crippen LogP contribution is 2.50. The van der Waals surface area contributed by atoms with Gasteiger partial charge in [0, 0.05) is 42.2 Å². The molecule has 0 spiro atoms. The smallest absolute Gasteiger partial charge is 0.163 e. The van der Waals surface area contributed by atoms with E-state index in [4.69, 9.17) is 19.4 Å². The molecule has 0 amide bonds. The minimum atomic E-state index is -0.619. The molecule has 4 nitrogen and oxygen atoms in total. The highest BCUT2D eigenvalue weighted by Gasteiger charge is 2.42. The second-order valence-corrected chi connectivity index (χ2v) is 14.5. The quantitative estimate of drug-likeness (QED) is 0.182. The van der Waals surface area contributed by atoms with E-state index in [0.717, 1.165) is 44.8 Å². The number of fused-ring (bicyclic) bond motifs is 6. The molecule has 0 aliphatic heterocycles. The predicted octanol–water partition coefficient (Wildman–Crippen LogP) is 12.2. The summed E-state index contributed by atoms with van der Waals surface area (Å²) in [6, 6.07) is 53.0. The molecule has 6 aromatic carbocycles. The number of benzene rings is 6. The van der Waals surface area contributed by atoms with E-state index in [0.29, 0.717) is 18.1 Å². The first kappa shape index (κ1) is 29.7. The molecular weight excluding hydrogens is 643 g/mol. The second kappa shape index (κ2) is 11.7. The third kappa shape index (κ3) is 5.00. The van der Waals surface area contributed by atoms with Crippen LogP contribution in [0.15, 0.2) is 156 Å². The molecule has 0 bridgehead atoms. The lowest BCUT2D eigenvalue weighted by Crippen LogP contribution is -2.30. The van der Waals surface area contributed by atoms with Gasteiger partial charge in [0.1, 0.15) is 17.2 Å². The molecule has 0 N–H and O–H groups in total. The van der Waals surface area contributed by atoms with Gasteiger partial charge >= 0.3 is 0 Å². The highest BCUT2D eigenvalue weighted by molar-refractivity contribution is 7.25. The van der Waals surface area contributed by atoms with Gasteiger partial charge in [-0.1, -0.05) is 133 Å². The zero-order valence-corrected chi connectivity index (χ0v) is 28.7. The Morgan fingerprint density at radius 2 is 1.10 bits per heavy atom. The van der Waals surface area contributed by atoms with E-state index in [1.54, 1.807) is 0 Å². The van der Waals surface area contributed by atoms with Crippen molar-refractivity contribution in [3.8, 4) is 33.9 Å². The topological polar surface area (TPSA) is 51.8 Å². The molecule has 1 atom stereocenters. The number of rotatable bonds is 5. The number of nitrogens with zero attached hydrogens (tertiary/aromatic N) is 3. The summed E-state index contributed by atoms with van der Waals surface area (Å²) in [5.74, 6) is 2.88. The van der Waals surface area contributed by atoms with Crippen molar-refractivity contribution in [2.45, 2.75) is 18.8 Å². The van der Waals surface area contributed by atoms with Crippen molar-refractivity contribution < 1.29 is 4.42 Å². The Balaban J connectivity index is 1.16. The van der Waals surface area contributed by atoms with E-state index < -0.39 is 5.41 Å². The number of allylic oxidation sites excluding steroid dienone is 1. The monoisotopic (exact) mass is 673 g/mol. The van der Waals surface area contributed by atoms with E-state index in [2.05, 4.69) is 128 Å². The van der Waals surface area contributed by atoms with Crippen LogP contribution in [-0.2, 0) is 5.41 Å². The van der Waals surface area contributed by atoms with Gasteiger partial charge < -0.3 is 4.42 Å². The van der Waals surface area contributed by atoms with Crippen LogP contribution in [0.1, 0.15) is 36.1 Å². The minimum Gasteiger partial charge on any atom is -0.456 e. The Labute approximate surface area is 299 Å². The number of hydrogen-bond donors (Lipinski definition) is 0. The van der Waals surface area contributed by atoms with E-state index in [1.165, 1.54) is 36.9 Å². The number of para-hydroxylation sites is 1. The summed E-state index contributed by atoms with van der Waals surface area (Å²) < 4.78 is 9.21. The molecule has 1 aliphatic rings. The molecule has 242 valence electrons. The van der Waals surface area contributed by atoms with Crippen LogP contribution in [0.25, 0.3) is 76.7 Å². The molecule has 0 saturated carbocycles. The zero-order chi connectivity index (χ0) is 33.9. The maximum absolute atomic E-state index is 6.63. The van der Waals surface area contributed by atoms with Crippen molar-refractivity contribution >= 4 is 54.1 Å². The molecule has 51 heavy (non-hydrogen) atoms. The second-order valence-electron chi connectivity index (χ2n) is 13.4. The standard InChI is InChI=1S/C46H31N3OS/c1-46(45-48-43(31-14-6-3-7-15-31)47-44(49-45)32-22-20-30(21-23-32)29-12-4-2-5-13-29)28-34(26-39-42(46)37-17-8-10-18-38(37)50-39)33-24-25-36-35-16-9-11-19-40(35)51-41(36)27-33/h2-27H,28H2,1H3. The van der Waals surface area contributed by atoms with Gasteiger partial charge in [-0.15, -0.1) is 11.3 Å². The normalized spacial score (nSPS) is 15.7. The van der Waals surface area contributed by atoms with Crippen LogP contribution in [0, 0.1) is 0 Å². The van der Waals surface area contributed by atoms with Gasteiger partial charge in [0.05, 0.1) is 5.41 Å². The summed E-state index contributed by atoms with van der Waals surface area (Å²) in [5.41, 5.74) is 7.94. The average Bonchev–Trinajstić information content (AvgIpc) is 3.77. The third-order valence-electron chi connectivity index (χ3n) is 10.2. The number of furan rings is 1. The van der Waals surface area contributed by atoms with E-state index in [-0.39, 0.29) is 0 Å². The first-order valence-corrected chi connectivity index (χ1v) is 18.0. The van der Waals surface area contributed by atoms with Crippen LogP contribution in [0.4, 0.5) is 0 Å². The van der Waals surface area contributed by atoms with Crippen molar-refractivity contribution in [1.82, 2.24) is 15.0 Å². The van der Waals surface area contributed by atoms with Crippen LogP contribution in [0.3, 0.4) is 0 Å². The maximum atomic E-state index is 6.63. The van der Waals surface area contributed by atoms with E-state index >= 15 is 0 Å². The molecule has 9 aromatic rings. The van der Waals surface area contributed by atoms with Crippen molar-refractivity contribution in [3.63, 3.8) is 0 Å². The number of hydrogen-bond acceptors (Lipinski definition) is 5. The van der Waals surface area contributed by atoms with E-state index in [9.17, 15) is 0 Å². The molecule has 3 aromatic heterocycles. The summed E-state index contributed by atoms with van der Waals surface area (Å²) in [7, 11) is 0. The fourth-order valence-corrected chi connectivity index (χ4v) is 8.77. The summed E-state index contributed by atoms with van der Waals surface area (Å²) in [6.45, 7) is 2.27. The first-order chi connectivity index (χ1) is 25.1. The highest BCUT2D eigenvalue weighted by atomic mass is 32.1. The molecule has 5 heteroatoms. The zero-order valence-electron chi connectivity index (χ0n) is 27.9. The van der Waals surface area contributed by atoms with Crippen molar-refractivity contribution in [2.24, 2.45) is 0 Å². The predicted molar refractivity (Wildman–Crippen MR) is 211 cm³/mol. The average molecular weight is 674 g/mol. The van der Waals surface area contributed by atoms with Gasteiger partial charge in [-0.2, -0.15) is 0 Å². The lowest BCUT2D eigenvalue weighted by molar-refractivity contribution is 0.515. The maximum Gasteiger partial charge on any atom is 0.163 e. The summed E-state index contributed by atoms with van der Waals surface area (Å²) in [6.07, 6.45) is 2.93. The minimum absolute atomic E-state index is 0.619. The van der Waals surface area contributed by atoms with Crippen LogP contribution in [-0.4, -0.2) is 15.0 Å². The molecule has 3 heterocycles. The van der Waals surface area contributed by atoms with Crippen molar-refractivity contribution in [1.29, 1.82) is 0 Å². The largest absolute Gasteiger partial charge is 0.456 e. The van der Waals surface area contributed by atoms with Crippen LogP contribution in [0.2, 0.25) is 0 Å². The van der Waals surface area contributed by atoms with Gasteiger partial charge in [-0.05, 0) is 59.9 Å². The van der Waals surface area contributed by atoms with Crippen LogP contribution < -0.4 is 0 Å².